The van der Waals surface area contributed by atoms with Crippen LogP contribution in [0.4, 0.5) is 43.8 Å². The second-order valence-corrected chi connectivity index (χ2v) is 9.62. The molecule has 16 heteroatoms. The number of carbonyl (C=O) groups excluding carboxylic acids is 1. The van der Waals surface area contributed by atoms with Gasteiger partial charge in [-0.05, 0) is 30.7 Å². The Morgan fingerprint density at radius 3 is 2.38 bits per heavy atom. The number of rotatable bonds is 6. The number of carbonyl (C=O) groups is 1. The first kappa shape index (κ1) is 29.2. The molecule has 9 nitrogen and oxygen atoms in total. The second kappa shape index (κ2) is 11.0. The van der Waals surface area contributed by atoms with Gasteiger partial charge in [-0.3, -0.25) is 9.59 Å². The van der Waals surface area contributed by atoms with Crippen molar-refractivity contribution in [2.24, 2.45) is 18.9 Å². The van der Waals surface area contributed by atoms with Gasteiger partial charge in [-0.2, -0.15) is 31.3 Å². The van der Waals surface area contributed by atoms with Gasteiger partial charge in [0.15, 0.2) is 18.2 Å². The van der Waals surface area contributed by atoms with Gasteiger partial charge in [0.1, 0.15) is 5.02 Å². The van der Waals surface area contributed by atoms with E-state index in [2.05, 4.69) is 20.6 Å². The van der Waals surface area contributed by atoms with Crippen molar-refractivity contribution in [2.75, 3.05) is 37.0 Å². The van der Waals surface area contributed by atoms with Gasteiger partial charge in [0.25, 0.3) is 11.5 Å². The molecule has 2 aromatic heterocycles. The van der Waals surface area contributed by atoms with E-state index in [-0.39, 0.29) is 29.1 Å². The van der Waals surface area contributed by atoms with Gasteiger partial charge >= 0.3 is 12.4 Å². The molecule has 0 radical (unpaired) electrons. The van der Waals surface area contributed by atoms with Crippen molar-refractivity contribution < 1.29 is 35.9 Å². The lowest BCUT2D eigenvalue weighted by molar-refractivity contribution is -0.214. The highest BCUT2D eigenvalue weighted by molar-refractivity contribution is 6.32. The van der Waals surface area contributed by atoms with E-state index in [1.165, 1.54) is 24.7 Å². The number of alkyl halides is 6. The summed E-state index contributed by atoms with van der Waals surface area (Å²) in [5.41, 5.74) is 0.424. The first-order valence-electron chi connectivity index (χ1n) is 11.8. The first-order valence-corrected chi connectivity index (χ1v) is 12.2. The molecular weight excluding hydrogens is 570 g/mol. The second-order valence-electron chi connectivity index (χ2n) is 9.22. The maximum absolute atomic E-state index is 13.4. The minimum Gasteiger partial charge on any atom is -0.478 e. The van der Waals surface area contributed by atoms with Crippen molar-refractivity contribution in [1.29, 1.82) is 0 Å². The maximum Gasteiger partial charge on any atom is 0.393 e. The number of halogens is 7. The number of anilines is 3. The standard InChI is InChI=1S/C24H23ClF6N6O3/c1-32-19(38)11-40-18-6-12-5-15(3-4-17(12)36(2)21(18)39)34-20-16(25)8-33-22(35-20)37-9-13(23(26,27)28)7-14(10-37)24(29,30)31/h3-6,8,13-14H,7,9-11H2,1-2H3,(H,32,38)(H,33,34,35). The predicted molar refractivity (Wildman–Crippen MR) is 135 cm³/mol. The zero-order valence-electron chi connectivity index (χ0n) is 21.0. The number of amides is 1. The predicted octanol–water partition coefficient (Wildman–Crippen LogP) is 4.42. The molecule has 3 aromatic rings. The molecule has 1 amide bonds. The van der Waals surface area contributed by atoms with E-state index >= 15 is 0 Å². The summed E-state index contributed by atoms with van der Waals surface area (Å²) in [6, 6.07) is 6.20. The van der Waals surface area contributed by atoms with E-state index in [0.717, 1.165) is 11.1 Å². The number of hydrogen-bond donors (Lipinski definition) is 2. The van der Waals surface area contributed by atoms with E-state index in [4.69, 9.17) is 16.3 Å². The van der Waals surface area contributed by atoms with E-state index in [1.54, 1.807) is 18.2 Å². The largest absolute Gasteiger partial charge is 0.478 e. The third-order valence-electron chi connectivity index (χ3n) is 6.48. The molecule has 0 saturated carbocycles. The van der Waals surface area contributed by atoms with Gasteiger partial charge in [0, 0.05) is 38.3 Å². The van der Waals surface area contributed by atoms with Gasteiger partial charge in [-0.15, -0.1) is 0 Å². The number of pyridine rings is 1. The van der Waals surface area contributed by atoms with E-state index < -0.39 is 55.2 Å². The van der Waals surface area contributed by atoms with Crippen molar-refractivity contribution >= 4 is 45.9 Å². The van der Waals surface area contributed by atoms with E-state index in [1.807, 2.05) is 0 Å². The number of hydrogen-bond acceptors (Lipinski definition) is 7. The van der Waals surface area contributed by atoms with Crippen molar-refractivity contribution in [1.82, 2.24) is 19.9 Å². The molecule has 2 atom stereocenters. The van der Waals surface area contributed by atoms with Gasteiger partial charge < -0.3 is 24.8 Å². The molecule has 1 aliphatic heterocycles. The van der Waals surface area contributed by atoms with E-state index in [0.29, 0.717) is 16.6 Å². The summed E-state index contributed by atoms with van der Waals surface area (Å²) in [7, 11) is 2.93. The van der Waals surface area contributed by atoms with E-state index in [9.17, 15) is 35.9 Å². The highest BCUT2D eigenvalue weighted by Gasteiger charge is 2.52. The topological polar surface area (TPSA) is 101 Å². The Bertz CT molecular complexity index is 1460. The molecule has 1 saturated heterocycles. The number of likely N-dealkylation sites (N-methyl/N-ethyl adjacent to an activating group) is 1. The molecule has 2 unspecified atom stereocenters. The third kappa shape index (κ3) is 6.35. The van der Waals surface area contributed by atoms with Crippen LogP contribution in [0.5, 0.6) is 5.75 Å². The molecule has 4 rings (SSSR count). The van der Waals surface area contributed by atoms with Crippen LogP contribution >= 0.6 is 11.6 Å². The average molecular weight is 593 g/mol. The fourth-order valence-electron chi connectivity index (χ4n) is 4.32. The lowest BCUT2D eigenvalue weighted by Crippen LogP contribution is -2.50. The van der Waals surface area contributed by atoms with Crippen LogP contribution in [-0.2, 0) is 11.8 Å². The lowest BCUT2D eigenvalue weighted by atomic mass is 9.88. The molecule has 216 valence electrons. The van der Waals surface area contributed by atoms with Crippen LogP contribution in [0.3, 0.4) is 0 Å². The summed E-state index contributed by atoms with van der Waals surface area (Å²) in [6.45, 7) is -1.85. The summed E-state index contributed by atoms with van der Waals surface area (Å²) in [4.78, 5) is 33.0. The van der Waals surface area contributed by atoms with Gasteiger partial charge in [0.2, 0.25) is 5.95 Å². The van der Waals surface area contributed by atoms with Gasteiger partial charge in [-0.1, -0.05) is 11.6 Å². The van der Waals surface area contributed by atoms with Crippen LogP contribution in [0, 0.1) is 11.8 Å². The molecule has 1 aromatic carbocycles. The van der Waals surface area contributed by atoms with Crippen LogP contribution < -0.4 is 25.8 Å². The number of aryl methyl sites for hydroxylation is 1. The number of nitrogens with zero attached hydrogens (tertiary/aromatic N) is 4. The van der Waals surface area contributed by atoms with Crippen molar-refractivity contribution in [3.63, 3.8) is 0 Å². The number of nitrogens with one attached hydrogen (secondary N) is 2. The molecule has 0 spiro atoms. The SMILES string of the molecule is CNC(=O)COc1cc2cc(Nc3nc(N4CC(C(F)(F)F)CC(C(F)(F)F)C4)ncc3Cl)ccc2n(C)c1=O. The highest BCUT2D eigenvalue weighted by atomic mass is 35.5. The van der Waals surface area contributed by atoms with Crippen LogP contribution in [0.1, 0.15) is 6.42 Å². The molecule has 1 fully saturated rings. The van der Waals surface area contributed by atoms with Crippen LogP contribution in [0.2, 0.25) is 5.02 Å². The average Bonchev–Trinajstić information content (AvgIpc) is 2.89. The monoisotopic (exact) mass is 592 g/mol. The number of piperidine rings is 1. The zero-order valence-corrected chi connectivity index (χ0v) is 21.8. The van der Waals surface area contributed by atoms with Gasteiger partial charge in [-0.25, -0.2) is 4.98 Å². The Balaban J connectivity index is 1.63. The van der Waals surface area contributed by atoms with Crippen molar-refractivity contribution in [3.05, 3.63) is 45.8 Å². The number of benzene rings is 1. The fourth-order valence-corrected chi connectivity index (χ4v) is 4.46. The third-order valence-corrected chi connectivity index (χ3v) is 6.76. The Hall–Kier alpha value is -3.75. The lowest BCUT2D eigenvalue weighted by Gasteiger charge is -2.39. The number of ether oxygens (including phenoxy) is 1. The number of aromatic nitrogens is 3. The molecule has 2 N–H and O–H groups in total. The Labute approximate surface area is 228 Å². The minimum absolute atomic E-state index is 0.0318. The van der Waals surface area contributed by atoms with Crippen LogP contribution in [0.15, 0.2) is 35.3 Å². The molecule has 1 aliphatic rings. The quantitative estimate of drug-likeness (QED) is 0.409. The molecule has 3 heterocycles. The summed E-state index contributed by atoms with van der Waals surface area (Å²) < 4.78 is 87.2. The number of fused-ring (bicyclic) bond motifs is 1. The smallest absolute Gasteiger partial charge is 0.393 e. The first-order chi connectivity index (χ1) is 18.7. The van der Waals surface area contributed by atoms with Crippen LogP contribution in [0.25, 0.3) is 10.9 Å². The normalized spacial score (nSPS) is 18.1. The highest BCUT2D eigenvalue weighted by Crippen LogP contribution is 2.42. The summed E-state index contributed by atoms with van der Waals surface area (Å²) >= 11 is 6.19. The summed E-state index contributed by atoms with van der Waals surface area (Å²) in [5, 5.41) is 5.75. The summed E-state index contributed by atoms with van der Waals surface area (Å²) in [5.74, 6) is -5.34. The molecule has 0 bridgehead atoms. The van der Waals surface area contributed by atoms with Gasteiger partial charge in [0.05, 0.1) is 23.5 Å². The molecule has 0 aliphatic carbocycles. The maximum atomic E-state index is 13.4. The molecule has 40 heavy (non-hydrogen) atoms. The fraction of sp³-hybridized carbons (Fsp3) is 0.417. The zero-order chi connectivity index (χ0) is 29.4. The van der Waals surface area contributed by atoms with Crippen molar-refractivity contribution in [2.45, 2.75) is 18.8 Å². The van der Waals surface area contributed by atoms with Crippen molar-refractivity contribution in [3.8, 4) is 5.75 Å². The molecular formula is C24H23ClF6N6O3. The minimum atomic E-state index is -4.83. The Kier molecular flexibility index (Phi) is 8.06. The Morgan fingerprint density at radius 2 is 1.77 bits per heavy atom. The Morgan fingerprint density at radius 1 is 1.12 bits per heavy atom. The summed E-state index contributed by atoms with van der Waals surface area (Å²) in [6.07, 6.45) is -9.65. The van der Waals surface area contributed by atoms with Crippen LogP contribution in [-0.4, -0.2) is 59.5 Å².